The van der Waals surface area contributed by atoms with Crippen molar-refractivity contribution in [2.75, 3.05) is 21.3 Å². The number of halogens is 1. The molecule has 0 aliphatic heterocycles. The van der Waals surface area contributed by atoms with Crippen molar-refractivity contribution in [3.8, 4) is 11.5 Å². The molecule has 0 unspecified atom stereocenters. The van der Waals surface area contributed by atoms with E-state index in [0.29, 0.717) is 17.1 Å². The summed E-state index contributed by atoms with van der Waals surface area (Å²) in [7, 11) is 4.27. The summed E-state index contributed by atoms with van der Waals surface area (Å²) in [5.74, 6) is -0.0529. The molecule has 0 saturated heterocycles. The fraction of sp³-hybridized carbons (Fsp3) is 0.429. The summed E-state index contributed by atoms with van der Waals surface area (Å²) in [6.07, 6.45) is -0.838. The van der Waals surface area contributed by atoms with E-state index in [2.05, 4.69) is 20.7 Å². The number of rotatable bonds is 6. The molecule has 116 valence electrons. The second-order valence-electron chi connectivity index (χ2n) is 4.07. The monoisotopic (exact) mass is 360 g/mol. The standard InChI is InChI=1S/C14H17BrO6/c1-8(16)21-13(12(15)14(17)20-4)9-5-6-10(18-2)11(7-9)19-3/h5-7,12-13H,1-4H3/t12-,13+/m1/s1. The van der Waals surface area contributed by atoms with Crippen LogP contribution in [0.25, 0.3) is 0 Å². The molecule has 21 heavy (non-hydrogen) atoms. The highest BCUT2D eigenvalue weighted by atomic mass is 79.9. The molecule has 0 bridgehead atoms. The van der Waals surface area contributed by atoms with Crippen molar-refractivity contribution in [1.82, 2.24) is 0 Å². The van der Waals surface area contributed by atoms with E-state index < -0.39 is 22.9 Å². The minimum Gasteiger partial charge on any atom is -0.493 e. The summed E-state index contributed by atoms with van der Waals surface area (Å²) in [4.78, 5) is 22.1. The van der Waals surface area contributed by atoms with Crippen LogP contribution in [-0.4, -0.2) is 38.1 Å². The van der Waals surface area contributed by atoms with Crippen LogP contribution in [-0.2, 0) is 19.1 Å². The Balaban J connectivity index is 3.19. The van der Waals surface area contributed by atoms with Crippen LogP contribution in [0.2, 0.25) is 0 Å². The Morgan fingerprint density at radius 3 is 2.19 bits per heavy atom. The number of carbonyl (C=O) groups excluding carboxylic acids is 2. The molecule has 0 fully saturated rings. The molecule has 1 aromatic rings. The maximum absolute atomic E-state index is 11.7. The highest BCUT2D eigenvalue weighted by Crippen LogP contribution is 2.34. The van der Waals surface area contributed by atoms with Gasteiger partial charge in [0.15, 0.2) is 22.4 Å². The van der Waals surface area contributed by atoms with Crippen molar-refractivity contribution >= 4 is 27.9 Å². The summed E-state index contributed by atoms with van der Waals surface area (Å²) in [6.45, 7) is 1.27. The third-order valence-corrected chi connectivity index (χ3v) is 3.58. The lowest BCUT2D eigenvalue weighted by atomic mass is 10.1. The van der Waals surface area contributed by atoms with Gasteiger partial charge in [-0.1, -0.05) is 22.0 Å². The molecule has 1 aromatic carbocycles. The Kier molecular flexibility index (Phi) is 6.48. The maximum atomic E-state index is 11.7. The zero-order valence-electron chi connectivity index (χ0n) is 12.2. The normalized spacial score (nSPS) is 13.0. The number of hydrogen-bond donors (Lipinski definition) is 0. The van der Waals surface area contributed by atoms with Crippen LogP contribution in [0.3, 0.4) is 0 Å². The first-order chi connectivity index (χ1) is 9.94. The molecule has 7 heteroatoms. The van der Waals surface area contributed by atoms with E-state index >= 15 is 0 Å². The minimum absolute atomic E-state index is 0.469. The third-order valence-electron chi connectivity index (χ3n) is 2.72. The summed E-state index contributed by atoms with van der Waals surface area (Å²) in [5, 5.41) is 0. The average molecular weight is 361 g/mol. The van der Waals surface area contributed by atoms with E-state index in [1.807, 2.05) is 0 Å². The van der Waals surface area contributed by atoms with E-state index in [4.69, 9.17) is 14.2 Å². The lowest BCUT2D eigenvalue weighted by molar-refractivity contribution is -0.151. The molecule has 0 aliphatic rings. The lowest BCUT2D eigenvalue weighted by Crippen LogP contribution is -2.27. The SMILES string of the molecule is COC(=O)[C@H](Br)[C@@H](OC(C)=O)c1ccc(OC)c(OC)c1. The van der Waals surface area contributed by atoms with E-state index in [0.717, 1.165) is 0 Å². The Hall–Kier alpha value is -1.76. The smallest absolute Gasteiger partial charge is 0.323 e. The van der Waals surface area contributed by atoms with Gasteiger partial charge in [-0.25, -0.2) is 0 Å². The van der Waals surface area contributed by atoms with Gasteiger partial charge in [-0.3, -0.25) is 9.59 Å². The molecular weight excluding hydrogens is 344 g/mol. The fourth-order valence-corrected chi connectivity index (χ4v) is 2.34. The van der Waals surface area contributed by atoms with Crippen LogP contribution in [0.4, 0.5) is 0 Å². The highest BCUT2D eigenvalue weighted by Gasteiger charge is 2.31. The quantitative estimate of drug-likeness (QED) is 0.572. The summed E-state index contributed by atoms with van der Waals surface area (Å²) in [6, 6.07) is 5.00. The zero-order chi connectivity index (χ0) is 16.0. The molecule has 0 amide bonds. The first kappa shape index (κ1) is 17.3. The first-order valence-corrected chi connectivity index (χ1v) is 6.97. The van der Waals surface area contributed by atoms with E-state index in [-0.39, 0.29) is 0 Å². The van der Waals surface area contributed by atoms with E-state index in [9.17, 15) is 9.59 Å². The van der Waals surface area contributed by atoms with E-state index in [1.165, 1.54) is 28.3 Å². The minimum atomic E-state index is -0.838. The van der Waals surface area contributed by atoms with Crippen LogP contribution < -0.4 is 9.47 Å². The van der Waals surface area contributed by atoms with Crippen LogP contribution in [0, 0.1) is 0 Å². The van der Waals surface area contributed by atoms with Crippen LogP contribution in [0.15, 0.2) is 18.2 Å². The van der Waals surface area contributed by atoms with Crippen molar-refractivity contribution in [2.24, 2.45) is 0 Å². The van der Waals surface area contributed by atoms with Gasteiger partial charge in [0.25, 0.3) is 0 Å². The van der Waals surface area contributed by atoms with Gasteiger partial charge in [-0.15, -0.1) is 0 Å². The summed E-state index contributed by atoms with van der Waals surface area (Å²) < 4.78 is 20.2. The molecule has 2 atom stereocenters. The second kappa shape index (κ2) is 7.87. The molecule has 0 spiro atoms. The van der Waals surface area contributed by atoms with Gasteiger partial charge in [0.1, 0.15) is 0 Å². The van der Waals surface area contributed by atoms with Crippen molar-refractivity contribution in [3.63, 3.8) is 0 Å². The van der Waals surface area contributed by atoms with Crippen molar-refractivity contribution < 1.29 is 28.5 Å². The molecule has 0 N–H and O–H groups in total. The summed E-state index contributed by atoms with van der Waals surface area (Å²) >= 11 is 3.19. The molecule has 0 aliphatic carbocycles. The van der Waals surface area contributed by atoms with Gasteiger partial charge < -0.3 is 18.9 Å². The maximum Gasteiger partial charge on any atom is 0.323 e. The molecule has 0 radical (unpaired) electrons. The summed E-state index contributed by atoms with van der Waals surface area (Å²) in [5.41, 5.74) is 0.579. The van der Waals surface area contributed by atoms with Gasteiger partial charge in [0, 0.05) is 6.92 Å². The molecule has 1 rings (SSSR count). The Morgan fingerprint density at radius 1 is 1.10 bits per heavy atom. The lowest BCUT2D eigenvalue weighted by Gasteiger charge is -2.22. The van der Waals surface area contributed by atoms with Crippen molar-refractivity contribution in [2.45, 2.75) is 17.9 Å². The molecule has 0 aromatic heterocycles. The number of benzene rings is 1. The predicted molar refractivity (Wildman–Crippen MR) is 78.8 cm³/mol. The number of hydrogen-bond acceptors (Lipinski definition) is 6. The number of alkyl halides is 1. The zero-order valence-corrected chi connectivity index (χ0v) is 13.8. The Bertz CT molecular complexity index is 516. The van der Waals surface area contributed by atoms with Crippen molar-refractivity contribution in [1.29, 1.82) is 0 Å². The molecule has 0 heterocycles. The fourth-order valence-electron chi connectivity index (χ4n) is 1.74. The topological polar surface area (TPSA) is 71.1 Å². The van der Waals surface area contributed by atoms with Crippen molar-refractivity contribution in [3.05, 3.63) is 23.8 Å². The number of ether oxygens (including phenoxy) is 4. The number of esters is 2. The number of carbonyl (C=O) groups is 2. The first-order valence-electron chi connectivity index (χ1n) is 6.05. The van der Waals surface area contributed by atoms with Gasteiger partial charge >= 0.3 is 11.9 Å². The van der Waals surface area contributed by atoms with E-state index in [1.54, 1.807) is 18.2 Å². The van der Waals surface area contributed by atoms with Gasteiger partial charge in [0.2, 0.25) is 0 Å². The van der Waals surface area contributed by atoms with Crippen LogP contribution >= 0.6 is 15.9 Å². The highest BCUT2D eigenvalue weighted by molar-refractivity contribution is 9.10. The molecular formula is C14H17BrO6. The van der Waals surface area contributed by atoms with Gasteiger partial charge in [-0.05, 0) is 17.7 Å². The number of methoxy groups -OCH3 is 3. The predicted octanol–water partition coefficient (Wildman–Crippen LogP) is 2.24. The van der Waals surface area contributed by atoms with Gasteiger partial charge in [-0.2, -0.15) is 0 Å². The Labute approximate surface area is 131 Å². The van der Waals surface area contributed by atoms with Crippen LogP contribution in [0.1, 0.15) is 18.6 Å². The third kappa shape index (κ3) is 4.35. The van der Waals surface area contributed by atoms with Gasteiger partial charge in [0.05, 0.1) is 21.3 Å². The average Bonchev–Trinajstić information content (AvgIpc) is 2.50. The largest absolute Gasteiger partial charge is 0.493 e. The van der Waals surface area contributed by atoms with Crippen LogP contribution in [0.5, 0.6) is 11.5 Å². The second-order valence-corrected chi connectivity index (χ2v) is 5.06. The Morgan fingerprint density at radius 2 is 1.71 bits per heavy atom. The molecule has 6 nitrogen and oxygen atoms in total. The molecule has 0 saturated carbocycles.